The van der Waals surface area contributed by atoms with Crippen LogP contribution in [0.15, 0.2) is 72.9 Å². The van der Waals surface area contributed by atoms with Crippen LogP contribution in [0.3, 0.4) is 0 Å². The van der Waals surface area contributed by atoms with Crippen molar-refractivity contribution in [3.63, 3.8) is 0 Å². The van der Waals surface area contributed by atoms with Crippen molar-refractivity contribution >= 4 is 0 Å². The van der Waals surface area contributed by atoms with Gasteiger partial charge in [-0.25, -0.2) is 4.57 Å². The van der Waals surface area contributed by atoms with Crippen molar-refractivity contribution in [3.05, 3.63) is 101 Å². The van der Waals surface area contributed by atoms with Crippen LogP contribution in [-0.2, 0) is 12.5 Å². The molecule has 1 heterocycles. The van der Waals surface area contributed by atoms with Crippen LogP contribution in [0.5, 0.6) is 0 Å². The second kappa shape index (κ2) is 9.23. The second-order valence-electron chi connectivity index (χ2n) is 12.4. The van der Waals surface area contributed by atoms with E-state index in [0.717, 1.165) is 5.92 Å². The molecule has 1 nitrogen and oxygen atoms in total. The van der Waals surface area contributed by atoms with Gasteiger partial charge in [0, 0.05) is 22.6 Å². The zero-order valence-electron chi connectivity index (χ0n) is 23.3. The predicted molar refractivity (Wildman–Crippen MR) is 158 cm³/mol. The normalized spacial score (nSPS) is 18.1. The average Bonchev–Trinajstić information content (AvgIpc) is 3.54. The van der Waals surface area contributed by atoms with Gasteiger partial charge in [0.15, 0.2) is 6.20 Å². The highest BCUT2D eigenvalue weighted by atomic mass is 14.9. The minimum absolute atomic E-state index is 0.206. The molecule has 0 radical (unpaired) electrons. The zero-order valence-corrected chi connectivity index (χ0v) is 23.3. The van der Waals surface area contributed by atoms with Gasteiger partial charge in [-0.3, -0.25) is 0 Å². The monoisotopic (exact) mass is 498 g/mol. The number of aromatic nitrogens is 1. The lowest BCUT2D eigenvalue weighted by Gasteiger charge is -2.29. The Morgan fingerprint density at radius 3 is 2.13 bits per heavy atom. The minimum Gasteiger partial charge on any atom is -0.201 e. The van der Waals surface area contributed by atoms with E-state index in [1.165, 1.54) is 102 Å². The van der Waals surface area contributed by atoms with E-state index in [4.69, 9.17) is 0 Å². The first-order valence-electron chi connectivity index (χ1n) is 14.9. The van der Waals surface area contributed by atoms with Crippen LogP contribution in [0, 0.1) is 13.8 Å². The smallest absolute Gasteiger partial charge is 0.201 e. The Hall–Kier alpha value is -3.19. The standard InChI is InChI=1S/C37H40N/c1-25-11-7-8-14-30(25)36-23-33(26(2)24-38(36)3)29-16-18-32-31-17-15-28(27-12-5-4-6-13-27)21-34(31)37(35(32)22-29)19-9-10-20-37/h7-8,11,14-18,21-24,27H,4-6,9-10,12-13,19-20H2,1-3H3/q+1. The number of rotatable bonds is 3. The third-order valence-corrected chi connectivity index (χ3v) is 10.1. The van der Waals surface area contributed by atoms with Crippen molar-refractivity contribution < 1.29 is 4.57 Å². The molecule has 2 fully saturated rings. The van der Waals surface area contributed by atoms with E-state index in [0.29, 0.717) is 0 Å². The molecular formula is C37H40N+. The van der Waals surface area contributed by atoms with Crippen LogP contribution in [0.1, 0.15) is 91.5 Å². The lowest BCUT2D eigenvalue weighted by Crippen LogP contribution is -2.31. The van der Waals surface area contributed by atoms with Crippen molar-refractivity contribution in [1.82, 2.24) is 0 Å². The average molecular weight is 499 g/mol. The maximum absolute atomic E-state index is 2.65. The molecule has 3 aromatic carbocycles. The summed E-state index contributed by atoms with van der Waals surface area (Å²) in [7, 11) is 2.18. The van der Waals surface area contributed by atoms with Crippen molar-refractivity contribution in [2.45, 2.75) is 83.0 Å². The Kier molecular flexibility index (Phi) is 5.80. The topological polar surface area (TPSA) is 3.88 Å². The minimum atomic E-state index is 0.206. The number of nitrogens with zero attached hydrogens (tertiary/aromatic N) is 1. The largest absolute Gasteiger partial charge is 0.213 e. The van der Waals surface area contributed by atoms with Crippen LogP contribution in [-0.4, -0.2) is 0 Å². The van der Waals surface area contributed by atoms with Crippen molar-refractivity contribution in [1.29, 1.82) is 0 Å². The highest BCUT2D eigenvalue weighted by Crippen LogP contribution is 2.58. The van der Waals surface area contributed by atoms with Gasteiger partial charge in [0.1, 0.15) is 7.05 Å². The molecule has 0 unspecified atom stereocenters. The molecule has 3 aliphatic rings. The maximum atomic E-state index is 2.65. The third kappa shape index (κ3) is 3.69. The molecule has 1 heteroatoms. The van der Waals surface area contributed by atoms with Crippen LogP contribution < -0.4 is 4.57 Å². The highest BCUT2D eigenvalue weighted by molar-refractivity contribution is 5.85. The molecule has 192 valence electrons. The number of hydrogen-bond acceptors (Lipinski definition) is 0. The molecule has 0 atom stereocenters. The molecule has 0 bridgehead atoms. The molecule has 0 saturated heterocycles. The molecule has 2 saturated carbocycles. The Balaban J connectivity index is 1.35. The molecule has 38 heavy (non-hydrogen) atoms. The Morgan fingerprint density at radius 2 is 1.37 bits per heavy atom. The first kappa shape index (κ1) is 23.9. The van der Waals surface area contributed by atoms with Gasteiger partial charge in [0.05, 0.1) is 0 Å². The maximum Gasteiger partial charge on any atom is 0.213 e. The molecular weight excluding hydrogens is 458 g/mol. The van der Waals surface area contributed by atoms with E-state index in [1.807, 2.05) is 0 Å². The van der Waals surface area contributed by atoms with Gasteiger partial charge < -0.3 is 0 Å². The summed E-state index contributed by atoms with van der Waals surface area (Å²) in [5.74, 6) is 0.763. The number of fused-ring (bicyclic) bond motifs is 5. The fraction of sp³-hybridized carbons (Fsp3) is 0.378. The number of hydrogen-bond donors (Lipinski definition) is 0. The molecule has 1 aromatic heterocycles. The summed E-state index contributed by atoms with van der Waals surface area (Å²) in [5, 5.41) is 0. The van der Waals surface area contributed by atoms with Gasteiger partial charge in [-0.15, -0.1) is 0 Å². The molecule has 4 aromatic rings. The third-order valence-electron chi connectivity index (χ3n) is 10.1. The van der Waals surface area contributed by atoms with Gasteiger partial charge in [-0.05, 0) is 102 Å². The quantitative estimate of drug-likeness (QED) is 0.248. The van der Waals surface area contributed by atoms with Crippen LogP contribution in [0.2, 0.25) is 0 Å². The van der Waals surface area contributed by atoms with Gasteiger partial charge >= 0.3 is 0 Å². The van der Waals surface area contributed by atoms with E-state index in [1.54, 1.807) is 16.7 Å². The Morgan fingerprint density at radius 1 is 0.658 bits per heavy atom. The molecule has 7 rings (SSSR count). The molecule has 3 aliphatic carbocycles. The van der Waals surface area contributed by atoms with Crippen LogP contribution in [0.4, 0.5) is 0 Å². The number of aryl methyl sites for hydroxylation is 3. The molecule has 0 amide bonds. The van der Waals surface area contributed by atoms with Gasteiger partial charge in [-0.2, -0.15) is 0 Å². The lowest BCUT2D eigenvalue weighted by molar-refractivity contribution is -0.660. The SMILES string of the molecule is Cc1c[n+](C)c(-c2ccccc2C)cc1-c1ccc2c(c1)C1(CCCC1)c1cc(C3CCCCC3)ccc1-2. The van der Waals surface area contributed by atoms with Crippen molar-refractivity contribution in [2.75, 3.05) is 0 Å². The van der Waals surface area contributed by atoms with Gasteiger partial charge in [0.25, 0.3) is 0 Å². The first-order chi connectivity index (χ1) is 18.5. The van der Waals surface area contributed by atoms with Crippen LogP contribution >= 0.6 is 0 Å². The van der Waals surface area contributed by atoms with E-state index < -0.39 is 0 Å². The zero-order chi connectivity index (χ0) is 25.9. The summed E-state index contributed by atoms with van der Waals surface area (Å²) >= 11 is 0. The first-order valence-corrected chi connectivity index (χ1v) is 14.9. The van der Waals surface area contributed by atoms with Crippen molar-refractivity contribution in [3.8, 4) is 33.5 Å². The second-order valence-corrected chi connectivity index (χ2v) is 12.4. The fourth-order valence-electron chi connectivity index (χ4n) is 8.11. The van der Waals surface area contributed by atoms with E-state index in [-0.39, 0.29) is 5.41 Å². The van der Waals surface area contributed by atoms with E-state index in [9.17, 15) is 0 Å². The summed E-state index contributed by atoms with van der Waals surface area (Å²) in [6, 6.07) is 26.2. The van der Waals surface area contributed by atoms with Gasteiger partial charge in [-0.1, -0.05) is 80.6 Å². The van der Waals surface area contributed by atoms with E-state index >= 15 is 0 Å². The van der Waals surface area contributed by atoms with E-state index in [2.05, 4.69) is 98.4 Å². The summed E-state index contributed by atoms with van der Waals surface area (Å²) in [5.41, 5.74) is 16.0. The van der Waals surface area contributed by atoms with Crippen molar-refractivity contribution in [2.24, 2.45) is 7.05 Å². The number of pyridine rings is 1. The number of benzene rings is 3. The molecule has 0 aliphatic heterocycles. The fourth-order valence-corrected chi connectivity index (χ4v) is 8.11. The Labute approximate surface area is 228 Å². The van der Waals surface area contributed by atoms with Crippen LogP contribution in [0.25, 0.3) is 33.5 Å². The van der Waals surface area contributed by atoms with Gasteiger partial charge in [0.2, 0.25) is 5.69 Å². The summed E-state index contributed by atoms with van der Waals surface area (Å²) in [6.07, 6.45) is 14.5. The highest BCUT2D eigenvalue weighted by Gasteiger charge is 2.45. The molecule has 1 spiro atoms. The molecule has 0 N–H and O–H groups in total. The summed E-state index contributed by atoms with van der Waals surface area (Å²) < 4.78 is 2.29. The summed E-state index contributed by atoms with van der Waals surface area (Å²) in [4.78, 5) is 0. The Bertz CT molecular complexity index is 1530. The predicted octanol–water partition coefficient (Wildman–Crippen LogP) is 9.35. The summed E-state index contributed by atoms with van der Waals surface area (Å²) in [6.45, 7) is 4.48. The lowest BCUT2D eigenvalue weighted by atomic mass is 9.74.